The number of rotatable bonds is 2. The molecule has 0 aromatic heterocycles. The molecule has 0 fully saturated rings. The van der Waals surface area contributed by atoms with Gasteiger partial charge in [0.05, 0.1) is 0 Å². The summed E-state index contributed by atoms with van der Waals surface area (Å²) in [4.78, 5) is 15.7. The lowest BCUT2D eigenvalue weighted by Crippen LogP contribution is -1.99. The molecule has 0 N–H and O–H groups in total. The standard InChI is InChI=1S/C16H11NO2/c18-15-14(11-12-7-3-1-4-8-12)19-16(17-15)13-9-5-2-6-10-13/h1-11H. The van der Waals surface area contributed by atoms with Crippen molar-refractivity contribution in [2.75, 3.05) is 0 Å². The van der Waals surface area contributed by atoms with Crippen molar-refractivity contribution in [3.05, 3.63) is 77.5 Å². The van der Waals surface area contributed by atoms with Gasteiger partial charge in [0.2, 0.25) is 5.90 Å². The Hall–Kier alpha value is -2.68. The van der Waals surface area contributed by atoms with Crippen molar-refractivity contribution in [2.45, 2.75) is 0 Å². The minimum absolute atomic E-state index is 0.255. The van der Waals surface area contributed by atoms with Crippen LogP contribution in [0.4, 0.5) is 0 Å². The summed E-state index contributed by atoms with van der Waals surface area (Å²) in [6.07, 6.45) is 1.70. The Morgan fingerprint density at radius 1 is 0.895 bits per heavy atom. The Morgan fingerprint density at radius 3 is 2.21 bits per heavy atom. The van der Waals surface area contributed by atoms with E-state index >= 15 is 0 Å². The van der Waals surface area contributed by atoms with Gasteiger partial charge in [0, 0.05) is 5.56 Å². The smallest absolute Gasteiger partial charge is 0.316 e. The monoisotopic (exact) mass is 249 g/mol. The molecule has 3 nitrogen and oxygen atoms in total. The fraction of sp³-hybridized carbons (Fsp3) is 0. The normalized spacial score (nSPS) is 16.3. The highest BCUT2D eigenvalue weighted by Crippen LogP contribution is 2.18. The molecule has 0 unspecified atom stereocenters. The zero-order valence-corrected chi connectivity index (χ0v) is 10.1. The lowest BCUT2D eigenvalue weighted by Gasteiger charge is -2.01. The maximum atomic E-state index is 11.8. The molecule has 0 atom stereocenters. The molecule has 0 radical (unpaired) electrons. The van der Waals surface area contributed by atoms with Gasteiger partial charge in [-0.1, -0.05) is 48.5 Å². The van der Waals surface area contributed by atoms with E-state index in [1.807, 2.05) is 60.7 Å². The van der Waals surface area contributed by atoms with Crippen molar-refractivity contribution in [3.8, 4) is 0 Å². The summed E-state index contributed by atoms with van der Waals surface area (Å²) in [5, 5.41) is 0. The third-order valence-electron chi connectivity index (χ3n) is 2.74. The van der Waals surface area contributed by atoms with Crippen LogP contribution in [0.3, 0.4) is 0 Å². The van der Waals surface area contributed by atoms with E-state index in [-0.39, 0.29) is 11.7 Å². The molecule has 3 heteroatoms. The van der Waals surface area contributed by atoms with Crippen LogP contribution in [-0.2, 0) is 9.53 Å². The van der Waals surface area contributed by atoms with Gasteiger partial charge in [-0.2, -0.15) is 4.99 Å². The van der Waals surface area contributed by atoms with Crippen molar-refractivity contribution in [3.63, 3.8) is 0 Å². The van der Waals surface area contributed by atoms with Crippen molar-refractivity contribution in [2.24, 2.45) is 4.99 Å². The molecule has 0 spiro atoms. The summed E-state index contributed by atoms with van der Waals surface area (Å²) in [6.45, 7) is 0. The summed E-state index contributed by atoms with van der Waals surface area (Å²) in [5.41, 5.74) is 1.71. The van der Waals surface area contributed by atoms with E-state index in [9.17, 15) is 4.79 Å². The minimum Gasteiger partial charge on any atom is -0.432 e. The first-order valence-electron chi connectivity index (χ1n) is 5.96. The number of aliphatic imine (C=N–C) groups is 1. The zero-order valence-electron chi connectivity index (χ0n) is 10.1. The molecule has 1 aliphatic heterocycles. The molecule has 19 heavy (non-hydrogen) atoms. The number of hydrogen-bond donors (Lipinski definition) is 0. The SMILES string of the molecule is O=C1N=C(c2ccccc2)OC1=Cc1ccccc1. The average molecular weight is 249 g/mol. The zero-order chi connectivity index (χ0) is 13.1. The summed E-state index contributed by atoms with van der Waals surface area (Å²) >= 11 is 0. The second-order valence-corrected chi connectivity index (χ2v) is 4.11. The minimum atomic E-state index is -0.345. The number of amides is 1. The van der Waals surface area contributed by atoms with Crippen LogP contribution in [0.15, 0.2) is 71.4 Å². The summed E-state index contributed by atoms with van der Waals surface area (Å²) in [5.74, 6) is 0.264. The van der Waals surface area contributed by atoms with Gasteiger partial charge in [-0.3, -0.25) is 4.79 Å². The molecule has 92 valence electrons. The molecular weight excluding hydrogens is 238 g/mol. The second-order valence-electron chi connectivity index (χ2n) is 4.11. The third-order valence-corrected chi connectivity index (χ3v) is 2.74. The van der Waals surface area contributed by atoms with Gasteiger partial charge in [0.15, 0.2) is 5.76 Å². The molecule has 1 aliphatic rings. The van der Waals surface area contributed by atoms with Crippen LogP contribution < -0.4 is 0 Å². The van der Waals surface area contributed by atoms with Crippen LogP contribution >= 0.6 is 0 Å². The highest BCUT2D eigenvalue weighted by atomic mass is 16.5. The first-order chi connectivity index (χ1) is 9.33. The lowest BCUT2D eigenvalue weighted by atomic mass is 10.2. The fourth-order valence-electron chi connectivity index (χ4n) is 1.81. The van der Waals surface area contributed by atoms with Crippen molar-refractivity contribution >= 4 is 17.9 Å². The first kappa shape index (κ1) is 11.4. The van der Waals surface area contributed by atoms with E-state index in [2.05, 4.69) is 4.99 Å². The Morgan fingerprint density at radius 2 is 1.53 bits per heavy atom. The largest absolute Gasteiger partial charge is 0.432 e. The number of ether oxygens (including phenoxy) is 1. The summed E-state index contributed by atoms with van der Waals surface area (Å²) in [6, 6.07) is 18.9. The van der Waals surface area contributed by atoms with Crippen LogP contribution in [0, 0.1) is 0 Å². The number of nitrogens with zero attached hydrogens (tertiary/aromatic N) is 1. The maximum absolute atomic E-state index is 11.8. The van der Waals surface area contributed by atoms with E-state index in [0.29, 0.717) is 5.90 Å². The number of carbonyl (C=O) groups excluding carboxylic acids is 1. The molecule has 0 aliphatic carbocycles. The maximum Gasteiger partial charge on any atom is 0.316 e. The van der Waals surface area contributed by atoms with E-state index in [1.54, 1.807) is 6.08 Å². The van der Waals surface area contributed by atoms with Crippen LogP contribution in [0.2, 0.25) is 0 Å². The highest BCUT2D eigenvalue weighted by Gasteiger charge is 2.23. The number of hydrogen-bond acceptors (Lipinski definition) is 2. The Labute approximate surface area is 110 Å². The van der Waals surface area contributed by atoms with Crippen LogP contribution in [0.5, 0.6) is 0 Å². The predicted octanol–water partition coefficient (Wildman–Crippen LogP) is 3.03. The van der Waals surface area contributed by atoms with E-state index in [1.165, 1.54) is 0 Å². The first-order valence-corrected chi connectivity index (χ1v) is 5.96. The Bertz CT molecular complexity index is 658. The van der Waals surface area contributed by atoms with E-state index in [0.717, 1.165) is 11.1 Å². The van der Waals surface area contributed by atoms with Gasteiger partial charge in [0.1, 0.15) is 0 Å². The average Bonchev–Trinajstić information content (AvgIpc) is 2.82. The van der Waals surface area contributed by atoms with Gasteiger partial charge in [-0.15, -0.1) is 0 Å². The molecule has 0 saturated carbocycles. The number of carbonyl (C=O) groups is 1. The topological polar surface area (TPSA) is 38.7 Å². The van der Waals surface area contributed by atoms with Gasteiger partial charge in [-0.25, -0.2) is 0 Å². The molecule has 0 bridgehead atoms. The third kappa shape index (κ3) is 2.45. The van der Waals surface area contributed by atoms with E-state index < -0.39 is 0 Å². The molecule has 2 aromatic carbocycles. The molecule has 1 heterocycles. The van der Waals surface area contributed by atoms with Crippen molar-refractivity contribution in [1.29, 1.82) is 0 Å². The molecule has 0 saturated heterocycles. The van der Waals surface area contributed by atoms with Crippen LogP contribution in [-0.4, -0.2) is 11.8 Å². The molecule has 1 amide bonds. The second kappa shape index (κ2) is 4.90. The highest BCUT2D eigenvalue weighted by molar-refractivity contribution is 6.14. The van der Waals surface area contributed by atoms with Gasteiger partial charge < -0.3 is 4.74 Å². The molecule has 2 aromatic rings. The summed E-state index contributed by atoms with van der Waals surface area (Å²) in [7, 11) is 0. The fourth-order valence-corrected chi connectivity index (χ4v) is 1.81. The van der Waals surface area contributed by atoms with Gasteiger partial charge >= 0.3 is 5.91 Å². The quantitative estimate of drug-likeness (QED) is 0.767. The Kier molecular flexibility index (Phi) is 2.94. The molecular formula is C16H11NO2. The predicted molar refractivity (Wildman–Crippen MR) is 73.5 cm³/mol. The van der Waals surface area contributed by atoms with E-state index in [4.69, 9.17) is 4.74 Å². The van der Waals surface area contributed by atoms with Crippen molar-refractivity contribution < 1.29 is 9.53 Å². The molecule has 3 rings (SSSR count). The van der Waals surface area contributed by atoms with Crippen molar-refractivity contribution in [1.82, 2.24) is 0 Å². The van der Waals surface area contributed by atoms with Gasteiger partial charge in [0.25, 0.3) is 0 Å². The summed E-state index contributed by atoms with van der Waals surface area (Å²) < 4.78 is 5.53. The van der Waals surface area contributed by atoms with Crippen LogP contribution in [0.1, 0.15) is 11.1 Å². The van der Waals surface area contributed by atoms with Gasteiger partial charge in [-0.05, 0) is 23.8 Å². The lowest BCUT2D eigenvalue weighted by molar-refractivity contribution is -0.115. The van der Waals surface area contributed by atoms with Crippen LogP contribution in [0.25, 0.3) is 6.08 Å². The Balaban J connectivity index is 1.87. The number of benzene rings is 2.